The molecule has 1 saturated heterocycles. The van der Waals surface area contributed by atoms with Crippen LogP contribution < -0.4 is 0 Å². The lowest BCUT2D eigenvalue weighted by Gasteiger charge is -2.33. The fraction of sp³-hybridized carbons (Fsp3) is 0.500. The van der Waals surface area contributed by atoms with Crippen LogP contribution in [-0.2, 0) is 10.0 Å². The van der Waals surface area contributed by atoms with E-state index in [9.17, 15) is 8.42 Å². The maximum Gasteiger partial charge on any atom is 0.244 e. The number of rotatable bonds is 4. The summed E-state index contributed by atoms with van der Waals surface area (Å²) < 4.78 is 28.1. The van der Waals surface area contributed by atoms with Crippen molar-refractivity contribution in [3.05, 3.63) is 27.1 Å². The number of aliphatic hydroxyl groups excluding tert-OH is 1. The van der Waals surface area contributed by atoms with Crippen LogP contribution in [0.15, 0.2) is 32.0 Å². The lowest BCUT2D eigenvalue weighted by Crippen LogP contribution is -2.49. The Hall–Kier alpha value is 0.01000. The first-order valence-corrected chi connectivity index (χ1v) is 9.26. The number of hydrogen-bond donors (Lipinski definition) is 1. The number of piperazine rings is 1. The molecule has 0 atom stereocenters. The van der Waals surface area contributed by atoms with Gasteiger partial charge in [0.2, 0.25) is 10.0 Å². The molecular formula is C12H16Br2N2O3S. The van der Waals surface area contributed by atoms with Crippen LogP contribution in [0.25, 0.3) is 0 Å². The molecule has 112 valence electrons. The molecule has 0 spiro atoms. The Balaban J connectivity index is 2.15. The van der Waals surface area contributed by atoms with E-state index in [-0.39, 0.29) is 11.5 Å². The molecule has 0 aromatic heterocycles. The van der Waals surface area contributed by atoms with E-state index in [1.54, 1.807) is 18.2 Å². The summed E-state index contributed by atoms with van der Waals surface area (Å²) in [7, 11) is -3.47. The molecule has 0 bridgehead atoms. The third kappa shape index (κ3) is 3.61. The Morgan fingerprint density at radius 3 is 2.35 bits per heavy atom. The zero-order valence-corrected chi connectivity index (χ0v) is 14.8. The average molecular weight is 428 g/mol. The predicted octanol–water partition coefficient (Wildman–Crippen LogP) is 1.51. The highest BCUT2D eigenvalue weighted by Crippen LogP contribution is 2.28. The van der Waals surface area contributed by atoms with Gasteiger partial charge in [0, 0.05) is 41.7 Å². The number of nitrogens with zero attached hydrogens (tertiary/aromatic N) is 2. The fourth-order valence-electron chi connectivity index (χ4n) is 2.16. The molecule has 1 aromatic rings. The number of β-amino-alcohol motifs (C(OH)–C–C–N with tert-alkyl or cyclic N) is 1. The van der Waals surface area contributed by atoms with Gasteiger partial charge < -0.3 is 5.11 Å². The summed E-state index contributed by atoms with van der Waals surface area (Å²) in [5.74, 6) is 0. The number of hydrogen-bond acceptors (Lipinski definition) is 4. The van der Waals surface area contributed by atoms with Crippen molar-refractivity contribution in [1.29, 1.82) is 0 Å². The van der Waals surface area contributed by atoms with Crippen LogP contribution in [0.2, 0.25) is 0 Å². The summed E-state index contributed by atoms with van der Waals surface area (Å²) in [5, 5.41) is 8.90. The second-order valence-electron chi connectivity index (χ2n) is 4.54. The zero-order valence-electron chi connectivity index (χ0n) is 10.8. The molecule has 0 amide bonds. The zero-order chi connectivity index (χ0) is 14.8. The van der Waals surface area contributed by atoms with Crippen molar-refractivity contribution in [2.24, 2.45) is 0 Å². The van der Waals surface area contributed by atoms with E-state index in [0.717, 1.165) is 4.47 Å². The normalized spacial score (nSPS) is 18.4. The molecule has 0 unspecified atom stereocenters. The van der Waals surface area contributed by atoms with Gasteiger partial charge in [-0.05, 0) is 34.1 Å². The summed E-state index contributed by atoms with van der Waals surface area (Å²) in [4.78, 5) is 2.35. The smallest absolute Gasteiger partial charge is 0.244 e. The highest BCUT2D eigenvalue weighted by molar-refractivity contribution is 9.11. The molecule has 8 heteroatoms. The molecule has 1 fully saturated rings. The van der Waals surface area contributed by atoms with Gasteiger partial charge in [-0.1, -0.05) is 15.9 Å². The van der Waals surface area contributed by atoms with E-state index in [4.69, 9.17) is 5.11 Å². The first-order chi connectivity index (χ1) is 9.45. The minimum absolute atomic E-state index is 0.102. The van der Waals surface area contributed by atoms with Crippen LogP contribution in [0.5, 0.6) is 0 Å². The first-order valence-electron chi connectivity index (χ1n) is 6.23. The standard InChI is InChI=1S/C12H16Br2N2O3S/c13-10-1-2-12(11(14)9-10)20(18,19)16-5-3-15(4-6-16)7-8-17/h1-2,9,17H,3-8H2. The first kappa shape index (κ1) is 16.4. The Labute approximate surface area is 135 Å². The highest BCUT2D eigenvalue weighted by atomic mass is 79.9. The van der Waals surface area contributed by atoms with Crippen LogP contribution in [0.3, 0.4) is 0 Å². The minimum Gasteiger partial charge on any atom is -0.395 e. The van der Waals surface area contributed by atoms with Crippen LogP contribution in [0.4, 0.5) is 0 Å². The van der Waals surface area contributed by atoms with E-state index in [2.05, 4.69) is 36.8 Å². The molecule has 1 N–H and O–H groups in total. The Morgan fingerprint density at radius 2 is 1.80 bits per heavy atom. The second kappa shape index (κ2) is 6.85. The topological polar surface area (TPSA) is 60.9 Å². The van der Waals surface area contributed by atoms with Crippen LogP contribution >= 0.6 is 31.9 Å². The van der Waals surface area contributed by atoms with Crippen molar-refractivity contribution in [2.45, 2.75) is 4.90 Å². The molecule has 5 nitrogen and oxygen atoms in total. The molecule has 20 heavy (non-hydrogen) atoms. The van der Waals surface area contributed by atoms with Crippen LogP contribution in [0.1, 0.15) is 0 Å². The van der Waals surface area contributed by atoms with Crippen LogP contribution in [0, 0.1) is 0 Å². The quantitative estimate of drug-likeness (QED) is 0.791. The number of halogens is 2. The van der Waals surface area contributed by atoms with Gasteiger partial charge in [0.15, 0.2) is 0 Å². The Kier molecular flexibility index (Phi) is 5.61. The molecular weight excluding hydrogens is 412 g/mol. The molecule has 0 saturated carbocycles. The Morgan fingerprint density at radius 1 is 1.15 bits per heavy atom. The number of sulfonamides is 1. The van der Waals surface area contributed by atoms with E-state index >= 15 is 0 Å². The average Bonchev–Trinajstić information content (AvgIpc) is 2.39. The molecule has 1 heterocycles. The van der Waals surface area contributed by atoms with Gasteiger partial charge in [0.1, 0.15) is 0 Å². The summed E-state index contributed by atoms with van der Waals surface area (Å²) >= 11 is 6.62. The van der Waals surface area contributed by atoms with E-state index in [1.807, 2.05) is 0 Å². The lowest BCUT2D eigenvalue weighted by molar-refractivity contribution is 0.151. The van der Waals surface area contributed by atoms with Crippen LogP contribution in [-0.4, -0.2) is 62.1 Å². The summed E-state index contributed by atoms with van der Waals surface area (Å²) in [6.45, 7) is 2.89. The van der Waals surface area contributed by atoms with Crippen molar-refractivity contribution in [3.63, 3.8) is 0 Å². The molecule has 1 aliphatic rings. The van der Waals surface area contributed by atoms with Crippen molar-refractivity contribution >= 4 is 41.9 Å². The number of benzene rings is 1. The molecule has 0 aliphatic carbocycles. The Bertz CT molecular complexity index is 572. The maximum absolute atomic E-state index is 12.6. The van der Waals surface area contributed by atoms with Gasteiger partial charge in [-0.2, -0.15) is 4.31 Å². The van der Waals surface area contributed by atoms with Gasteiger partial charge in [0.25, 0.3) is 0 Å². The fourth-order valence-corrected chi connectivity index (χ4v) is 5.29. The second-order valence-corrected chi connectivity index (χ2v) is 8.22. The minimum atomic E-state index is -3.47. The third-order valence-electron chi connectivity index (χ3n) is 3.26. The molecule has 1 aromatic carbocycles. The summed E-state index contributed by atoms with van der Waals surface area (Å²) in [6, 6.07) is 5.05. The lowest BCUT2D eigenvalue weighted by atomic mass is 10.4. The largest absolute Gasteiger partial charge is 0.395 e. The van der Waals surface area contributed by atoms with E-state index in [0.29, 0.717) is 37.2 Å². The van der Waals surface area contributed by atoms with Crippen molar-refractivity contribution in [1.82, 2.24) is 9.21 Å². The van der Waals surface area contributed by atoms with Crippen molar-refractivity contribution in [3.8, 4) is 0 Å². The van der Waals surface area contributed by atoms with Crippen molar-refractivity contribution < 1.29 is 13.5 Å². The molecule has 2 rings (SSSR count). The number of aliphatic hydroxyl groups is 1. The van der Waals surface area contributed by atoms with E-state index < -0.39 is 10.0 Å². The van der Waals surface area contributed by atoms with Gasteiger partial charge in [-0.25, -0.2) is 8.42 Å². The van der Waals surface area contributed by atoms with Gasteiger partial charge in [0.05, 0.1) is 11.5 Å². The summed E-state index contributed by atoms with van der Waals surface area (Å²) in [6.07, 6.45) is 0. The van der Waals surface area contributed by atoms with Gasteiger partial charge in [-0.3, -0.25) is 4.90 Å². The SMILES string of the molecule is O=S(=O)(c1ccc(Br)cc1Br)N1CCN(CCO)CC1. The molecule has 1 aliphatic heterocycles. The van der Waals surface area contributed by atoms with Crippen molar-refractivity contribution in [2.75, 3.05) is 39.3 Å². The summed E-state index contributed by atoms with van der Waals surface area (Å²) in [5.41, 5.74) is 0. The molecule has 0 radical (unpaired) electrons. The third-order valence-corrected chi connectivity index (χ3v) is 6.63. The maximum atomic E-state index is 12.6. The van der Waals surface area contributed by atoms with Gasteiger partial charge >= 0.3 is 0 Å². The highest BCUT2D eigenvalue weighted by Gasteiger charge is 2.29. The van der Waals surface area contributed by atoms with E-state index in [1.165, 1.54) is 4.31 Å². The van der Waals surface area contributed by atoms with Gasteiger partial charge in [-0.15, -0.1) is 0 Å². The monoisotopic (exact) mass is 426 g/mol. The predicted molar refractivity (Wildman–Crippen MR) is 84.1 cm³/mol.